The monoisotopic (exact) mass is 364 g/mol. The van der Waals surface area contributed by atoms with Gasteiger partial charge in [0.15, 0.2) is 0 Å². The van der Waals surface area contributed by atoms with Gasteiger partial charge in [-0.3, -0.25) is 0 Å². The average Bonchev–Trinajstić information content (AvgIpc) is 2.83. The summed E-state index contributed by atoms with van der Waals surface area (Å²) in [5, 5.41) is 3.07. The van der Waals surface area contributed by atoms with Crippen molar-refractivity contribution in [2.24, 2.45) is 5.92 Å². The van der Waals surface area contributed by atoms with Crippen LogP contribution in [-0.2, 0) is 10.0 Å². The summed E-state index contributed by atoms with van der Waals surface area (Å²) in [6.45, 7) is 3.45. The predicted octanol–water partition coefficient (Wildman–Crippen LogP) is 2.13. The molecule has 1 atom stereocenters. The average molecular weight is 365 g/mol. The standard InChI is InChI=1S/C13H18BrFN2O2S/c1-9-5-12(15)11(14)6-13(9)20(18,19)17-4-3-10(8-17)7-16-2/h5-6,10,16H,3-4,7-8H2,1-2H3. The highest BCUT2D eigenvalue weighted by atomic mass is 79.9. The Labute approximate surface area is 127 Å². The maximum Gasteiger partial charge on any atom is 0.243 e. The number of benzene rings is 1. The molecule has 1 unspecified atom stereocenters. The maximum absolute atomic E-state index is 13.4. The molecule has 20 heavy (non-hydrogen) atoms. The van der Waals surface area contributed by atoms with Gasteiger partial charge in [-0.1, -0.05) is 0 Å². The van der Waals surface area contributed by atoms with E-state index in [-0.39, 0.29) is 9.37 Å². The Bertz CT molecular complexity index is 607. The summed E-state index contributed by atoms with van der Waals surface area (Å²) in [6.07, 6.45) is 0.849. The highest BCUT2D eigenvalue weighted by Gasteiger charge is 2.33. The topological polar surface area (TPSA) is 49.4 Å². The Morgan fingerprint density at radius 3 is 2.85 bits per heavy atom. The minimum absolute atomic E-state index is 0.174. The van der Waals surface area contributed by atoms with Gasteiger partial charge in [-0.15, -0.1) is 0 Å². The molecule has 2 rings (SSSR count). The summed E-state index contributed by atoms with van der Waals surface area (Å²) in [4.78, 5) is 0.177. The fourth-order valence-corrected chi connectivity index (χ4v) is 4.77. The number of aryl methyl sites for hydroxylation is 1. The molecule has 0 amide bonds. The highest BCUT2D eigenvalue weighted by molar-refractivity contribution is 9.10. The summed E-state index contributed by atoms with van der Waals surface area (Å²) >= 11 is 3.05. The first kappa shape index (κ1) is 15.9. The fourth-order valence-electron chi connectivity index (χ4n) is 2.52. The van der Waals surface area contributed by atoms with Crippen LogP contribution in [0.4, 0.5) is 4.39 Å². The molecule has 7 heteroatoms. The van der Waals surface area contributed by atoms with Crippen LogP contribution in [0.1, 0.15) is 12.0 Å². The van der Waals surface area contributed by atoms with Gasteiger partial charge in [-0.05, 0) is 66.5 Å². The van der Waals surface area contributed by atoms with Crippen molar-refractivity contribution in [3.05, 3.63) is 28.0 Å². The van der Waals surface area contributed by atoms with Gasteiger partial charge < -0.3 is 5.32 Å². The van der Waals surface area contributed by atoms with Crippen LogP contribution in [0.5, 0.6) is 0 Å². The van der Waals surface area contributed by atoms with E-state index in [0.717, 1.165) is 13.0 Å². The second kappa shape index (κ2) is 6.09. The number of rotatable bonds is 4. The number of hydrogen-bond acceptors (Lipinski definition) is 3. The molecular weight excluding hydrogens is 347 g/mol. The lowest BCUT2D eigenvalue weighted by Crippen LogP contribution is -2.31. The number of nitrogens with zero attached hydrogens (tertiary/aromatic N) is 1. The largest absolute Gasteiger partial charge is 0.319 e. The zero-order chi connectivity index (χ0) is 14.9. The van der Waals surface area contributed by atoms with Crippen molar-refractivity contribution in [1.29, 1.82) is 0 Å². The van der Waals surface area contributed by atoms with Gasteiger partial charge in [0, 0.05) is 13.1 Å². The number of sulfonamides is 1. The number of hydrogen-bond donors (Lipinski definition) is 1. The second-order valence-corrected chi connectivity index (χ2v) is 7.87. The third-order valence-electron chi connectivity index (χ3n) is 3.58. The first-order valence-electron chi connectivity index (χ1n) is 6.46. The van der Waals surface area contributed by atoms with Gasteiger partial charge in [0.05, 0.1) is 9.37 Å². The third-order valence-corrected chi connectivity index (χ3v) is 6.19. The maximum atomic E-state index is 13.4. The van der Waals surface area contributed by atoms with E-state index in [1.165, 1.54) is 16.4 Å². The summed E-state index contributed by atoms with van der Waals surface area (Å²) in [7, 11) is -1.69. The van der Waals surface area contributed by atoms with Gasteiger partial charge in [-0.25, -0.2) is 12.8 Å². The first-order chi connectivity index (χ1) is 9.36. The molecule has 112 valence electrons. The van der Waals surface area contributed by atoms with Crippen LogP contribution in [0.25, 0.3) is 0 Å². The molecule has 1 aromatic rings. The molecule has 0 bridgehead atoms. The highest BCUT2D eigenvalue weighted by Crippen LogP contribution is 2.29. The lowest BCUT2D eigenvalue weighted by Gasteiger charge is -2.18. The van der Waals surface area contributed by atoms with Crippen LogP contribution in [0, 0.1) is 18.7 Å². The summed E-state index contributed by atoms with van der Waals surface area (Å²) in [5.74, 6) is -0.116. The van der Waals surface area contributed by atoms with Crippen LogP contribution in [0.2, 0.25) is 0 Å². The second-order valence-electron chi connectivity index (χ2n) is 5.11. The van der Waals surface area contributed by atoms with Crippen molar-refractivity contribution in [3.8, 4) is 0 Å². The lowest BCUT2D eigenvalue weighted by atomic mass is 10.1. The molecule has 1 aliphatic rings. The van der Waals surface area contributed by atoms with Gasteiger partial charge >= 0.3 is 0 Å². The molecule has 1 heterocycles. The Balaban J connectivity index is 2.30. The Kier molecular flexibility index (Phi) is 4.84. The van der Waals surface area contributed by atoms with Crippen molar-refractivity contribution in [2.45, 2.75) is 18.2 Å². The Morgan fingerprint density at radius 2 is 2.20 bits per heavy atom. The van der Waals surface area contributed by atoms with Gasteiger partial charge in [0.2, 0.25) is 10.0 Å². The van der Waals surface area contributed by atoms with Crippen molar-refractivity contribution in [3.63, 3.8) is 0 Å². The van der Waals surface area contributed by atoms with E-state index in [2.05, 4.69) is 21.2 Å². The molecule has 4 nitrogen and oxygen atoms in total. The lowest BCUT2D eigenvalue weighted by molar-refractivity contribution is 0.450. The van der Waals surface area contributed by atoms with Crippen molar-refractivity contribution >= 4 is 26.0 Å². The van der Waals surface area contributed by atoms with Crippen LogP contribution in [-0.4, -0.2) is 39.4 Å². The summed E-state index contributed by atoms with van der Waals surface area (Å²) < 4.78 is 40.3. The Hall–Kier alpha value is -0.500. The first-order valence-corrected chi connectivity index (χ1v) is 8.70. The molecule has 1 saturated heterocycles. The van der Waals surface area contributed by atoms with E-state index < -0.39 is 15.8 Å². The van der Waals surface area contributed by atoms with E-state index in [0.29, 0.717) is 24.6 Å². The van der Waals surface area contributed by atoms with Crippen LogP contribution < -0.4 is 5.32 Å². The summed E-state index contributed by atoms with van der Waals surface area (Å²) in [5.41, 5.74) is 0.433. The van der Waals surface area contributed by atoms with Crippen molar-refractivity contribution in [2.75, 3.05) is 26.7 Å². The van der Waals surface area contributed by atoms with E-state index in [1.54, 1.807) is 6.92 Å². The van der Waals surface area contributed by atoms with E-state index >= 15 is 0 Å². The van der Waals surface area contributed by atoms with Gasteiger partial charge in [0.1, 0.15) is 5.82 Å². The van der Waals surface area contributed by atoms with E-state index in [9.17, 15) is 12.8 Å². The predicted molar refractivity (Wildman–Crippen MR) is 79.6 cm³/mol. The molecule has 0 saturated carbocycles. The smallest absolute Gasteiger partial charge is 0.243 e. The van der Waals surface area contributed by atoms with Crippen LogP contribution in [0.15, 0.2) is 21.5 Å². The normalized spacial score (nSPS) is 20.5. The van der Waals surface area contributed by atoms with Gasteiger partial charge in [-0.2, -0.15) is 4.31 Å². The fraction of sp³-hybridized carbons (Fsp3) is 0.538. The van der Waals surface area contributed by atoms with E-state index in [4.69, 9.17) is 0 Å². The summed E-state index contributed by atoms with van der Waals surface area (Å²) in [6, 6.07) is 2.60. The minimum Gasteiger partial charge on any atom is -0.319 e. The molecule has 0 aliphatic carbocycles. The quantitative estimate of drug-likeness (QED) is 0.890. The third kappa shape index (κ3) is 3.05. The van der Waals surface area contributed by atoms with E-state index in [1.807, 2.05) is 7.05 Å². The number of halogens is 2. The molecule has 1 aliphatic heterocycles. The van der Waals surface area contributed by atoms with Crippen molar-refractivity contribution < 1.29 is 12.8 Å². The Morgan fingerprint density at radius 1 is 1.50 bits per heavy atom. The molecule has 0 aromatic heterocycles. The molecule has 1 aromatic carbocycles. The zero-order valence-corrected chi connectivity index (χ0v) is 13.9. The molecule has 0 spiro atoms. The van der Waals surface area contributed by atoms with Crippen LogP contribution >= 0.6 is 15.9 Å². The molecule has 1 N–H and O–H groups in total. The molecular formula is C13H18BrFN2O2S. The molecule has 0 radical (unpaired) electrons. The minimum atomic E-state index is -3.55. The van der Waals surface area contributed by atoms with Crippen LogP contribution in [0.3, 0.4) is 0 Å². The number of nitrogens with one attached hydrogen (secondary N) is 1. The molecule has 1 fully saturated rings. The SMILES string of the molecule is CNCC1CCN(S(=O)(=O)c2cc(Br)c(F)cc2C)C1. The van der Waals surface area contributed by atoms with Gasteiger partial charge in [0.25, 0.3) is 0 Å². The van der Waals surface area contributed by atoms with Crippen molar-refractivity contribution in [1.82, 2.24) is 9.62 Å². The zero-order valence-electron chi connectivity index (χ0n) is 11.5.